The minimum atomic E-state index is -0.163. The molecule has 1 amide bonds. The highest BCUT2D eigenvalue weighted by Gasteiger charge is 2.29. The summed E-state index contributed by atoms with van der Waals surface area (Å²) in [6.07, 6.45) is 3.82. The summed E-state index contributed by atoms with van der Waals surface area (Å²) in [5.74, 6) is 0.445. The second-order valence-electron chi connectivity index (χ2n) is 7.50. The highest BCUT2D eigenvalue weighted by atomic mass is 32.1. The number of benzene rings is 1. The highest BCUT2D eigenvalue weighted by molar-refractivity contribution is 7.17. The van der Waals surface area contributed by atoms with Gasteiger partial charge in [-0.1, -0.05) is 18.2 Å². The van der Waals surface area contributed by atoms with Crippen LogP contribution in [-0.4, -0.2) is 21.5 Å². The first-order valence-corrected chi connectivity index (χ1v) is 10.2. The molecule has 1 fully saturated rings. The maximum atomic E-state index is 13.1. The number of thiophene rings is 1. The summed E-state index contributed by atoms with van der Waals surface area (Å²) in [5, 5.41) is 5.56. The number of hydrogen-bond acceptors (Lipinski definition) is 4. The summed E-state index contributed by atoms with van der Waals surface area (Å²) < 4.78 is 1.41. The molecule has 3 aromatic rings. The van der Waals surface area contributed by atoms with Gasteiger partial charge in [-0.25, -0.2) is 4.98 Å². The van der Waals surface area contributed by atoms with Crippen LogP contribution in [0.25, 0.3) is 21.3 Å². The largest absolute Gasteiger partial charge is 0.352 e. The summed E-state index contributed by atoms with van der Waals surface area (Å²) in [4.78, 5) is 30.5. The van der Waals surface area contributed by atoms with Crippen molar-refractivity contribution in [2.24, 2.45) is 5.92 Å². The molecule has 27 heavy (non-hydrogen) atoms. The van der Waals surface area contributed by atoms with E-state index in [9.17, 15) is 9.59 Å². The van der Waals surface area contributed by atoms with Gasteiger partial charge in [0.25, 0.3) is 5.56 Å². The van der Waals surface area contributed by atoms with Crippen molar-refractivity contribution in [1.29, 1.82) is 0 Å². The summed E-state index contributed by atoms with van der Waals surface area (Å²) in [7, 11) is 0. The highest BCUT2D eigenvalue weighted by Crippen LogP contribution is 2.32. The molecule has 5 nitrogen and oxygen atoms in total. The fourth-order valence-electron chi connectivity index (χ4n) is 3.37. The molecular weight excluding hydrogens is 358 g/mol. The molecule has 0 saturated heterocycles. The van der Waals surface area contributed by atoms with Crippen LogP contribution < -0.4 is 10.9 Å². The van der Waals surface area contributed by atoms with Crippen LogP contribution in [0, 0.1) is 19.8 Å². The van der Waals surface area contributed by atoms with Gasteiger partial charge in [0, 0.05) is 17.0 Å². The minimum absolute atomic E-state index is 0.00104. The first kappa shape index (κ1) is 17.9. The molecule has 2 aromatic heterocycles. The van der Waals surface area contributed by atoms with Crippen molar-refractivity contribution in [2.45, 2.75) is 46.2 Å². The maximum absolute atomic E-state index is 13.1. The smallest absolute Gasteiger partial charge is 0.263 e. The van der Waals surface area contributed by atoms with Gasteiger partial charge in [0.2, 0.25) is 5.91 Å². The molecule has 6 heteroatoms. The number of hydrogen-bond donors (Lipinski definition) is 1. The fraction of sp³-hybridized carbons (Fsp3) is 0.381. The van der Waals surface area contributed by atoms with Crippen molar-refractivity contribution in [1.82, 2.24) is 14.9 Å². The van der Waals surface area contributed by atoms with Crippen LogP contribution in [0.4, 0.5) is 0 Å². The van der Waals surface area contributed by atoms with Gasteiger partial charge in [-0.15, -0.1) is 11.3 Å². The van der Waals surface area contributed by atoms with Crippen LogP contribution in [0.5, 0.6) is 0 Å². The lowest BCUT2D eigenvalue weighted by atomic mass is 10.0. The lowest BCUT2D eigenvalue weighted by Gasteiger charge is -2.13. The van der Waals surface area contributed by atoms with Gasteiger partial charge >= 0.3 is 0 Å². The Morgan fingerprint density at radius 3 is 2.81 bits per heavy atom. The molecule has 2 heterocycles. The van der Waals surface area contributed by atoms with E-state index < -0.39 is 0 Å². The van der Waals surface area contributed by atoms with Gasteiger partial charge in [0.05, 0.1) is 11.7 Å². The SMILES string of the molecule is Cc1ccc(-c2csc3ncn(CC(=O)N[C@H](C)C4CC4)c(=O)c23)cc1C. The number of aryl methyl sites for hydroxylation is 2. The quantitative estimate of drug-likeness (QED) is 0.734. The van der Waals surface area contributed by atoms with E-state index >= 15 is 0 Å². The van der Waals surface area contributed by atoms with Crippen LogP contribution in [0.1, 0.15) is 30.9 Å². The van der Waals surface area contributed by atoms with E-state index in [1.54, 1.807) is 0 Å². The van der Waals surface area contributed by atoms with Crippen LogP contribution in [0.15, 0.2) is 34.7 Å². The third kappa shape index (κ3) is 3.54. The molecule has 1 aliphatic rings. The maximum Gasteiger partial charge on any atom is 0.263 e. The summed E-state index contributed by atoms with van der Waals surface area (Å²) in [5.41, 5.74) is 4.13. The van der Waals surface area contributed by atoms with Gasteiger partial charge in [0.1, 0.15) is 11.4 Å². The molecule has 0 aliphatic heterocycles. The number of fused-ring (bicyclic) bond motifs is 1. The number of carbonyl (C=O) groups excluding carboxylic acids is 1. The van der Waals surface area contributed by atoms with Gasteiger partial charge in [0.15, 0.2) is 0 Å². The number of amides is 1. The molecule has 0 bridgehead atoms. The Morgan fingerprint density at radius 2 is 2.11 bits per heavy atom. The molecule has 0 unspecified atom stereocenters. The summed E-state index contributed by atoms with van der Waals surface area (Å²) in [6.45, 7) is 6.16. The Bertz CT molecular complexity index is 1080. The second-order valence-corrected chi connectivity index (χ2v) is 8.36. The van der Waals surface area contributed by atoms with Crippen molar-refractivity contribution in [3.05, 3.63) is 51.4 Å². The van der Waals surface area contributed by atoms with Crippen molar-refractivity contribution in [2.75, 3.05) is 0 Å². The topological polar surface area (TPSA) is 64.0 Å². The van der Waals surface area contributed by atoms with E-state index in [2.05, 4.69) is 36.3 Å². The molecule has 1 aliphatic carbocycles. The van der Waals surface area contributed by atoms with E-state index in [-0.39, 0.29) is 24.1 Å². The average Bonchev–Trinajstić information content (AvgIpc) is 3.39. The Labute approximate surface area is 162 Å². The molecule has 1 saturated carbocycles. The Balaban J connectivity index is 1.67. The summed E-state index contributed by atoms with van der Waals surface area (Å²) in [6, 6.07) is 6.36. The average molecular weight is 382 g/mol. The zero-order valence-electron chi connectivity index (χ0n) is 15.8. The van der Waals surface area contributed by atoms with Gasteiger partial charge in [-0.3, -0.25) is 14.2 Å². The Morgan fingerprint density at radius 1 is 1.33 bits per heavy atom. The number of aromatic nitrogens is 2. The molecular formula is C21H23N3O2S. The van der Waals surface area contributed by atoms with Crippen LogP contribution in [-0.2, 0) is 11.3 Å². The van der Waals surface area contributed by atoms with E-state index in [0.717, 1.165) is 11.1 Å². The fourth-order valence-corrected chi connectivity index (χ4v) is 4.28. The lowest BCUT2D eigenvalue weighted by Crippen LogP contribution is -2.38. The molecule has 1 N–H and O–H groups in total. The van der Waals surface area contributed by atoms with Gasteiger partial charge in [-0.2, -0.15) is 0 Å². The first-order valence-electron chi connectivity index (χ1n) is 9.27. The predicted molar refractivity (Wildman–Crippen MR) is 109 cm³/mol. The lowest BCUT2D eigenvalue weighted by molar-refractivity contribution is -0.122. The Kier molecular flexibility index (Phi) is 4.60. The van der Waals surface area contributed by atoms with Crippen LogP contribution in [0.2, 0.25) is 0 Å². The second kappa shape index (κ2) is 6.93. The van der Waals surface area contributed by atoms with E-state index in [1.807, 2.05) is 18.4 Å². The molecule has 140 valence electrons. The van der Waals surface area contributed by atoms with Crippen molar-refractivity contribution in [3.63, 3.8) is 0 Å². The molecule has 4 rings (SSSR count). The standard InChI is InChI=1S/C21H23N3O2S/c1-12-4-5-16(8-13(12)2)17-10-27-20-19(17)21(26)24(11-22-20)9-18(25)23-14(3)15-6-7-15/h4-5,8,10-11,14-15H,6-7,9H2,1-3H3,(H,23,25)/t14-/m1/s1. The van der Waals surface area contributed by atoms with E-state index in [4.69, 9.17) is 0 Å². The van der Waals surface area contributed by atoms with Crippen molar-refractivity contribution in [3.8, 4) is 11.1 Å². The van der Waals surface area contributed by atoms with Crippen molar-refractivity contribution < 1.29 is 4.79 Å². The monoisotopic (exact) mass is 381 g/mol. The predicted octanol–water partition coefficient (Wildman–Crippen LogP) is 3.66. The van der Waals surface area contributed by atoms with Crippen LogP contribution in [0.3, 0.4) is 0 Å². The minimum Gasteiger partial charge on any atom is -0.352 e. The Hall–Kier alpha value is -2.47. The third-order valence-corrected chi connectivity index (χ3v) is 6.30. The third-order valence-electron chi connectivity index (χ3n) is 5.41. The molecule has 0 radical (unpaired) electrons. The zero-order chi connectivity index (χ0) is 19.1. The van der Waals surface area contributed by atoms with Crippen LogP contribution >= 0.6 is 11.3 Å². The zero-order valence-corrected chi connectivity index (χ0v) is 16.6. The number of rotatable bonds is 5. The number of nitrogens with zero attached hydrogens (tertiary/aromatic N) is 2. The number of carbonyl (C=O) groups is 1. The van der Waals surface area contributed by atoms with E-state index in [1.165, 1.54) is 46.2 Å². The molecule has 1 aromatic carbocycles. The van der Waals surface area contributed by atoms with E-state index in [0.29, 0.717) is 16.1 Å². The van der Waals surface area contributed by atoms with Gasteiger partial charge in [-0.05, 0) is 56.2 Å². The summed E-state index contributed by atoms with van der Waals surface area (Å²) >= 11 is 1.46. The molecule has 0 spiro atoms. The van der Waals surface area contributed by atoms with Gasteiger partial charge < -0.3 is 5.32 Å². The van der Waals surface area contributed by atoms with Crippen molar-refractivity contribution >= 4 is 27.5 Å². The molecule has 1 atom stereocenters. The normalized spacial score (nSPS) is 15.1. The number of nitrogens with one attached hydrogen (secondary N) is 1. The first-order chi connectivity index (χ1) is 12.9.